The zero-order valence-electron chi connectivity index (χ0n) is 36.1. The maximum atomic E-state index is 12.8. The fourth-order valence-electron chi connectivity index (χ4n) is 5.88. The second-order valence-corrected chi connectivity index (χ2v) is 17.4. The maximum absolute atomic E-state index is 12.8. The monoisotopic (exact) mass is 793 g/mol. The molecule has 0 aromatic rings. The van der Waals surface area contributed by atoms with Gasteiger partial charge >= 0.3 is 0 Å². The number of unbranched alkanes of at least 4 members (excludes halogenated alkanes) is 18. The molecule has 0 heterocycles. The molecule has 0 aromatic carbocycles. The molecule has 3 atom stereocenters. The van der Waals surface area contributed by atoms with Gasteiger partial charge in [-0.2, -0.15) is 0 Å². The lowest BCUT2D eigenvalue weighted by Crippen LogP contribution is -2.45. The van der Waals surface area contributed by atoms with Crippen LogP contribution in [-0.2, 0) is 18.4 Å². The molecule has 0 bridgehead atoms. The molecule has 0 saturated carbocycles. The molecular weight excluding hydrogens is 707 g/mol. The third-order valence-corrected chi connectivity index (χ3v) is 10.4. The first-order valence-electron chi connectivity index (χ1n) is 22.2. The molecule has 0 spiro atoms. The number of hydrogen-bond acceptors (Lipinski definition) is 6. The predicted molar refractivity (Wildman–Crippen MR) is 233 cm³/mol. The number of aliphatic hydroxyl groups is 1. The highest BCUT2D eigenvalue weighted by Crippen LogP contribution is 2.38. The van der Waals surface area contributed by atoms with Gasteiger partial charge < -0.3 is 28.8 Å². The van der Waals surface area contributed by atoms with Crippen LogP contribution >= 0.6 is 7.82 Å². The number of carbonyl (C=O) groups is 1. The van der Waals surface area contributed by atoms with Gasteiger partial charge in [0.05, 0.1) is 39.9 Å². The second-order valence-electron chi connectivity index (χ2n) is 16.0. The van der Waals surface area contributed by atoms with Crippen molar-refractivity contribution in [1.29, 1.82) is 0 Å². The highest BCUT2D eigenvalue weighted by molar-refractivity contribution is 7.45. The van der Waals surface area contributed by atoms with E-state index < -0.39 is 26.6 Å². The molecule has 0 saturated heterocycles. The first-order valence-corrected chi connectivity index (χ1v) is 23.6. The van der Waals surface area contributed by atoms with E-state index in [0.717, 1.165) is 38.5 Å². The van der Waals surface area contributed by atoms with Crippen LogP contribution < -0.4 is 10.2 Å². The van der Waals surface area contributed by atoms with Gasteiger partial charge in [-0.05, 0) is 64.2 Å². The van der Waals surface area contributed by atoms with Crippen LogP contribution in [0, 0.1) is 0 Å². The molecule has 9 heteroatoms. The minimum Gasteiger partial charge on any atom is -0.756 e. The lowest BCUT2D eigenvalue weighted by molar-refractivity contribution is -0.870. The van der Waals surface area contributed by atoms with Crippen LogP contribution in [0.25, 0.3) is 0 Å². The predicted octanol–water partition coefficient (Wildman–Crippen LogP) is 11.6. The Morgan fingerprint density at radius 3 is 1.58 bits per heavy atom. The van der Waals surface area contributed by atoms with Crippen molar-refractivity contribution >= 4 is 13.7 Å². The van der Waals surface area contributed by atoms with Crippen LogP contribution in [0.15, 0.2) is 60.8 Å². The summed E-state index contributed by atoms with van der Waals surface area (Å²) in [5.74, 6) is -0.281. The topological polar surface area (TPSA) is 108 Å². The molecule has 3 unspecified atom stereocenters. The van der Waals surface area contributed by atoms with Crippen molar-refractivity contribution in [2.45, 2.75) is 187 Å². The molecule has 0 aliphatic heterocycles. The Hall–Kier alpha value is -1.80. The van der Waals surface area contributed by atoms with E-state index in [-0.39, 0.29) is 18.9 Å². The average Bonchev–Trinajstić information content (AvgIpc) is 3.13. The Labute approximate surface area is 339 Å². The Bertz CT molecular complexity index is 1080. The van der Waals surface area contributed by atoms with E-state index in [2.05, 4.69) is 61.7 Å². The highest BCUT2D eigenvalue weighted by Gasteiger charge is 2.23. The van der Waals surface area contributed by atoms with Crippen LogP contribution in [0.3, 0.4) is 0 Å². The van der Waals surface area contributed by atoms with Gasteiger partial charge in [-0.25, -0.2) is 0 Å². The maximum Gasteiger partial charge on any atom is 0.268 e. The zero-order valence-corrected chi connectivity index (χ0v) is 37.0. The van der Waals surface area contributed by atoms with E-state index in [1.807, 2.05) is 33.3 Å². The van der Waals surface area contributed by atoms with Crippen LogP contribution in [0.2, 0.25) is 0 Å². The Morgan fingerprint density at radius 2 is 1.07 bits per heavy atom. The fraction of sp³-hybridized carbons (Fsp3) is 0.761. The molecular formula is C46H85N2O6P. The summed E-state index contributed by atoms with van der Waals surface area (Å²) < 4.78 is 23.1. The van der Waals surface area contributed by atoms with Gasteiger partial charge in [-0.1, -0.05) is 164 Å². The van der Waals surface area contributed by atoms with Crippen molar-refractivity contribution in [1.82, 2.24) is 5.32 Å². The van der Waals surface area contributed by atoms with E-state index in [9.17, 15) is 19.4 Å². The summed E-state index contributed by atoms with van der Waals surface area (Å²) in [6.45, 7) is 4.54. The third kappa shape index (κ3) is 40.2. The first kappa shape index (κ1) is 53.2. The number of allylic oxidation sites excluding steroid dienone is 9. The zero-order chi connectivity index (χ0) is 40.7. The summed E-state index contributed by atoms with van der Waals surface area (Å²) in [5.41, 5.74) is 0. The van der Waals surface area contributed by atoms with E-state index in [1.165, 1.54) is 109 Å². The largest absolute Gasteiger partial charge is 0.756 e. The molecule has 2 N–H and O–H groups in total. The minimum absolute atomic E-state index is 0.0203. The molecule has 8 nitrogen and oxygen atoms in total. The summed E-state index contributed by atoms with van der Waals surface area (Å²) in [7, 11) is 1.20. The number of phosphoric ester groups is 1. The molecule has 320 valence electrons. The number of rotatable bonds is 39. The van der Waals surface area contributed by atoms with Crippen LogP contribution in [0.5, 0.6) is 0 Å². The van der Waals surface area contributed by atoms with Gasteiger partial charge in [0.1, 0.15) is 13.2 Å². The minimum atomic E-state index is -4.61. The number of likely N-dealkylation sites (N-methyl/N-ethyl adjacent to an activating group) is 1. The van der Waals surface area contributed by atoms with Gasteiger partial charge in [0, 0.05) is 6.42 Å². The van der Waals surface area contributed by atoms with Crippen molar-refractivity contribution in [3.8, 4) is 0 Å². The van der Waals surface area contributed by atoms with Crippen LogP contribution in [0.4, 0.5) is 0 Å². The van der Waals surface area contributed by atoms with E-state index in [0.29, 0.717) is 17.4 Å². The number of amides is 1. The Kier molecular flexibility index (Phi) is 36.5. The first-order chi connectivity index (χ1) is 26.5. The number of hydrogen-bond donors (Lipinski definition) is 2. The fourth-order valence-corrected chi connectivity index (χ4v) is 6.60. The Morgan fingerprint density at radius 1 is 0.636 bits per heavy atom. The summed E-state index contributed by atoms with van der Waals surface area (Å²) in [5, 5.41) is 13.7. The van der Waals surface area contributed by atoms with Gasteiger partial charge in [0.15, 0.2) is 0 Å². The molecule has 55 heavy (non-hydrogen) atoms. The van der Waals surface area contributed by atoms with Gasteiger partial charge in [0.25, 0.3) is 7.82 Å². The van der Waals surface area contributed by atoms with Crippen molar-refractivity contribution in [3.63, 3.8) is 0 Å². The number of quaternary nitrogens is 1. The van der Waals surface area contributed by atoms with Crippen molar-refractivity contribution in [2.24, 2.45) is 0 Å². The molecule has 0 aromatic heterocycles. The van der Waals surface area contributed by atoms with E-state index >= 15 is 0 Å². The lowest BCUT2D eigenvalue weighted by atomic mass is 10.1. The average molecular weight is 793 g/mol. The third-order valence-electron chi connectivity index (χ3n) is 9.44. The molecule has 0 rings (SSSR count). The Balaban J connectivity index is 4.57. The number of carbonyl (C=O) groups excluding carboxylic acids is 1. The standard InChI is InChI=1S/C46H85N2O6P/c1-6-8-10-12-14-16-18-20-21-22-23-24-25-26-28-29-31-33-35-37-39-45(49)44(43-54-55(51,52)53-42-41-48(3,4)5)47-46(50)40-38-36-34-32-30-27-19-17-15-13-11-9-7-2/h24-25,27,29-31,34,36-37,39,44-45,49H,6-23,26,28,32-33,35,38,40-43H2,1-5H3,(H-,47,50,51,52)/b25-24+,30-27-,31-29+,36-34-,39-37+. The quantitative estimate of drug-likeness (QED) is 0.0278. The molecule has 0 radical (unpaired) electrons. The SMILES string of the molecule is CCCCCCCC/C=C\C/C=C\CCC(=O)NC(COP(=O)([O-])OCC[N+](C)(C)C)C(O)/C=C/CC/C=C/CC/C=C/CCCCCCCCCCCC. The number of nitrogens with one attached hydrogen (secondary N) is 1. The lowest BCUT2D eigenvalue weighted by Gasteiger charge is -2.29. The van der Waals surface area contributed by atoms with Gasteiger partial charge in [0.2, 0.25) is 5.91 Å². The molecule has 0 fully saturated rings. The van der Waals surface area contributed by atoms with Crippen molar-refractivity contribution < 1.29 is 32.9 Å². The number of aliphatic hydroxyl groups excluding tert-OH is 1. The number of phosphoric acid groups is 1. The molecule has 0 aliphatic rings. The molecule has 0 aliphatic carbocycles. The van der Waals surface area contributed by atoms with Crippen molar-refractivity contribution in [3.05, 3.63) is 60.8 Å². The summed E-state index contributed by atoms with van der Waals surface area (Å²) >= 11 is 0. The molecule has 1 amide bonds. The summed E-state index contributed by atoms with van der Waals surface area (Å²) in [4.78, 5) is 25.2. The highest BCUT2D eigenvalue weighted by atomic mass is 31.2. The number of nitrogens with zero attached hydrogens (tertiary/aromatic N) is 1. The summed E-state index contributed by atoms with van der Waals surface area (Å²) in [6, 6.07) is -0.940. The van der Waals surface area contributed by atoms with Crippen LogP contribution in [-0.4, -0.2) is 68.5 Å². The van der Waals surface area contributed by atoms with Gasteiger partial charge in [-0.15, -0.1) is 0 Å². The van der Waals surface area contributed by atoms with Crippen molar-refractivity contribution in [2.75, 3.05) is 40.9 Å². The smallest absolute Gasteiger partial charge is 0.268 e. The second kappa shape index (κ2) is 37.8. The van der Waals surface area contributed by atoms with E-state index in [1.54, 1.807) is 6.08 Å². The van der Waals surface area contributed by atoms with Crippen LogP contribution in [0.1, 0.15) is 174 Å². The van der Waals surface area contributed by atoms with E-state index in [4.69, 9.17) is 9.05 Å². The summed E-state index contributed by atoms with van der Waals surface area (Å²) in [6.07, 6.45) is 48.6. The normalized spacial score (nSPS) is 15.0. The van der Waals surface area contributed by atoms with Gasteiger partial charge in [-0.3, -0.25) is 9.36 Å².